The average molecular weight is 402 g/mol. The molecule has 4 aromatic rings. The molecule has 1 amide bonds. The molecule has 8 nitrogen and oxygen atoms in total. The predicted molar refractivity (Wildman–Crippen MR) is 113 cm³/mol. The number of nitrogens with one attached hydrogen (secondary N) is 2. The number of H-pyrrole nitrogens is 1. The van der Waals surface area contributed by atoms with Gasteiger partial charge in [0.15, 0.2) is 0 Å². The van der Waals surface area contributed by atoms with Gasteiger partial charge in [-0.2, -0.15) is 10.2 Å². The van der Waals surface area contributed by atoms with Crippen LogP contribution in [0.2, 0.25) is 0 Å². The van der Waals surface area contributed by atoms with Crippen molar-refractivity contribution in [1.29, 1.82) is 0 Å². The van der Waals surface area contributed by atoms with Crippen molar-refractivity contribution in [2.45, 2.75) is 0 Å². The molecule has 0 radical (unpaired) electrons. The predicted octanol–water partition coefficient (Wildman–Crippen LogP) is 3.41. The van der Waals surface area contributed by atoms with Crippen LogP contribution in [0.5, 0.6) is 17.2 Å². The maximum Gasteiger partial charge on any atom is 0.289 e. The maximum atomic E-state index is 12.4. The van der Waals surface area contributed by atoms with Gasteiger partial charge in [-0.05, 0) is 35.0 Å². The van der Waals surface area contributed by atoms with Crippen molar-refractivity contribution in [2.75, 3.05) is 7.11 Å². The fourth-order valence-corrected chi connectivity index (χ4v) is 3.11. The Balaban J connectivity index is 1.58. The highest BCUT2D eigenvalue weighted by molar-refractivity contribution is 6.00. The summed E-state index contributed by atoms with van der Waals surface area (Å²) in [6.07, 6.45) is 1.28. The number of aromatic hydroxyl groups is 2. The van der Waals surface area contributed by atoms with Gasteiger partial charge >= 0.3 is 0 Å². The van der Waals surface area contributed by atoms with Crippen molar-refractivity contribution in [3.05, 3.63) is 71.9 Å². The molecular formula is C22H18N4O4. The molecule has 0 saturated carbocycles. The summed E-state index contributed by atoms with van der Waals surface area (Å²) in [5, 5.41) is 31.9. The Hall–Kier alpha value is -4.33. The van der Waals surface area contributed by atoms with Crippen LogP contribution in [-0.2, 0) is 0 Å². The molecule has 0 aliphatic carbocycles. The number of fused-ring (bicyclic) bond motifs is 1. The van der Waals surface area contributed by atoms with E-state index in [1.165, 1.54) is 24.4 Å². The minimum Gasteiger partial charge on any atom is -0.508 e. The largest absolute Gasteiger partial charge is 0.508 e. The smallest absolute Gasteiger partial charge is 0.289 e. The molecule has 4 N–H and O–H groups in total. The molecule has 4 rings (SSSR count). The van der Waals surface area contributed by atoms with Gasteiger partial charge in [0, 0.05) is 11.6 Å². The summed E-state index contributed by atoms with van der Waals surface area (Å²) in [5.74, 6) is -0.0714. The topological polar surface area (TPSA) is 120 Å². The minimum absolute atomic E-state index is 0.0671. The molecule has 0 bridgehead atoms. The number of carbonyl (C=O) groups excluding carboxylic acids is 1. The average Bonchev–Trinajstić information content (AvgIpc) is 3.24. The van der Waals surface area contributed by atoms with Crippen LogP contribution >= 0.6 is 0 Å². The highest BCUT2D eigenvalue weighted by atomic mass is 16.5. The van der Waals surface area contributed by atoms with Crippen LogP contribution in [0.25, 0.3) is 22.0 Å². The monoisotopic (exact) mass is 402 g/mol. The van der Waals surface area contributed by atoms with Crippen LogP contribution in [0, 0.1) is 0 Å². The molecule has 1 aromatic heterocycles. The third kappa shape index (κ3) is 3.66. The number of hydrazone groups is 1. The Morgan fingerprint density at radius 1 is 1.13 bits per heavy atom. The summed E-state index contributed by atoms with van der Waals surface area (Å²) < 4.78 is 5.49. The van der Waals surface area contributed by atoms with Crippen LogP contribution in [0.1, 0.15) is 16.1 Å². The SMILES string of the molecule is COc1ccc2ccccc2c1-c1cc(C(=O)NN=Cc2ccc(O)cc2O)[nH]n1. The van der Waals surface area contributed by atoms with Crippen molar-refractivity contribution in [3.8, 4) is 28.5 Å². The number of hydrogen-bond acceptors (Lipinski definition) is 6. The highest BCUT2D eigenvalue weighted by Crippen LogP contribution is 2.36. The van der Waals surface area contributed by atoms with Crippen LogP contribution < -0.4 is 10.2 Å². The van der Waals surface area contributed by atoms with E-state index < -0.39 is 5.91 Å². The molecule has 150 valence electrons. The van der Waals surface area contributed by atoms with Gasteiger partial charge in [0.2, 0.25) is 0 Å². The molecule has 0 fully saturated rings. The zero-order valence-electron chi connectivity index (χ0n) is 16.0. The normalized spacial score (nSPS) is 11.1. The van der Waals surface area contributed by atoms with E-state index in [4.69, 9.17) is 4.74 Å². The number of benzene rings is 3. The molecule has 0 unspecified atom stereocenters. The lowest BCUT2D eigenvalue weighted by Crippen LogP contribution is -2.18. The second-order valence-corrected chi connectivity index (χ2v) is 6.47. The first-order valence-electron chi connectivity index (χ1n) is 9.03. The fourth-order valence-electron chi connectivity index (χ4n) is 3.11. The van der Waals surface area contributed by atoms with Crippen molar-refractivity contribution in [3.63, 3.8) is 0 Å². The van der Waals surface area contributed by atoms with E-state index in [0.717, 1.165) is 16.3 Å². The van der Waals surface area contributed by atoms with Crippen molar-refractivity contribution < 1.29 is 19.7 Å². The molecule has 0 aliphatic heterocycles. The van der Waals surface area contributed by atoms with Crippen molar-refractivity contribution in [2.24, 2.45) is 5.10 Å². The number of amides is 1. The molecule has 1 heterocycles. The standard InChI is InChI=1S/C22H18N4O4/c1-30-20-9-7-13-4-2-3-5-16(13)21(20)17-11-18(25-24-17)22(29)26-23-12-14-6-8-15(27)10-19(14)28/h2-12,27-28H,1H3,(H,24,25)(H,26,29). The number of ether oxygens (including phenoxy) is 1. The summed E-state index contributed by atoms with van der Waals surface area (Å²) in [5.41, 5.74) is 4.28. The van der Waals surface area contributed by atoms with Crippen LogP contribution in [0.4, 0.5) is 0 Å². The van der Waals surface area contributed by atoms with Crippen LogP contribution in [-0.4, -0.2) is 39.6 Å². The Morgan fingerprint density at radius 3 is 2.77 bits per heavy atom. The third-order valence-electron chi connectivity index (χ3n) is 4.57. The van der Waals surface area contributed by atoms with Gasteiger partial charge in [0.1, 0.15) is 22.9 Å². The summed E-state index contributed by atoms with van der Waals surface area (Å²) >= 11 is 0. The Morgan fingerprint density at radius 2 is 1.97 bits per heavy atom. The Kier molecular flexibility index (Phi) is 5.04. The number of rotatable bonds is 5. The molecule has 3 aromatic carbocycles. The number of nitrogens with zero attached hydrogens (tertiary/aromatic N) is 2. The molecule has 0 spiro atoms. The van der Waals surface area contributed by atoms with E-state index in [-0.39, 0.29) is 17.2 Å². The Labute approximate surface area is 171 Å². The summed E-state index contributed by atoms with van der Waals surface area (Å²) in [6, 6.07) is 17.3. The van der Waals surface area contributed by atoms with Gasteiger partial charge in [-0.15, -0.1) is 0 Å². The number of phenols is 2. The minimum atomic E-state index is -0.498. The number of hydrogen-bond donors (Lipinski definition) is 4. The zero-order chi connectivity index (χ0) is 21.1. The van der Waals surface area contributed by atoms with Gasteiger partial charge in [-0.1, -0.05) is 30.3 Å². The van der Waals surface area contributed by atoms with Gasteiger partial charge in [-0.3, -0.25) is 9.89 Å². The molecule has 30 heavy (non-hydrogen) atoms. The number of carbonyl (C=O) groups is 1. The van der Waals surface area contributed by atoms with E-state index in [1.54, 1.807) is 13.2 Å². The van der Waals surface area contributed by atoms with E-state index >= 15 is 0 Å². The second-order valence-electron chi connectivity index (χ2n) is 6.47. The summed E-state index contributed by atoms with van der Waals surface area (Å²) in [4.78, 5) is 12.4. The molecule has 8 heteroatoms. The van der Waals surface area contributed by atoms with Gasteiger partial charge < -0.3 is 14.9 Å². The molecular weight excluding hydrogens is 384 g/mol. The second kappa shape index (κ2) is 7.96. The van der Waals surface area contributed by atoms with E-state index in [2.05, 4.69) is 20.7 Å². The maximum absolute atomic E-state index is 12.4. The van der Waals surface area contributed by atoms with E-state index in [1.807, 2.05) is 36.4 Å². The van der Waals surface area contributed by atoms with Crippen LogP contribution in [0.15, 0.2) is 65.8 Å². The number of aromatic amines is 1. The van der Waals surface area contributed by atoms with Crippen molar-refractivity contribution >= 4 is 22.9 Å². The van der Waals surface area contributed by atoms with Crippen molar-refractivity contribution in [1.82, 2.24) is 15.6 Å². The number of aromatic nitrogens is 2. The van der Waals surface area contributed by atoms with E-state index in [0.29, 0.717) is 17.0 Å². The van der Waals surface area contributed by atoms with Crippen LogP contribution in [0.3, 0.4) is 0 Å². The lowest BCUT2D eigenvalue weighted by atomic mass is 10.0. The summed E-state index contributed by atoms with van der Waals surface area (Å²) in [6.45, 7) is 0. The quantitative estimate of drug-likeness (QED) is 0.301. The highest BCUT2D eigenvalue weighted by Gasteiger charge is 2.16. The number of methoxy groups -OCH3 is 1. The van der Waals surface area contributed by atoms with Gasteiger partial charge in [0.25, 0.3) is 5.91 Å². The first kappa shape index (κ1) is 19.0. The fraction of sp³-hybridized carbons (Fsp3) is 0.0455. The lowest BCUT2D eigenvalue weighted by Gasteiger charge is -2.09. The molecule has 0 atom stereocenters. The zero-order valence-corrected chi connectivity index (χ0v) is 16.0. The van der Waals surface area contributed by atoms with E-state index in [9.17, 15) is 15.0 Å². The van der Waals surface area contributed by atoms with Gasteiger partial charge in [0.05, 0.1) is 24.6 Å². The lowest BCUT2D eigenvalue weighted by molar-refractivity contribution is 0.0950. The van der Waals surface area contributed by atoms with Gasteiger partial charge in [-0.25, -0.2) is 5.43 Å². The summed E-state index contributed by atoms with van der Waals surface area (Å²) in [7, 11) is 1.58. The first-order valence-corrected chi connectivity index (χ1v) is 9.03. The first-order chi connectivity index (χ1) is 14.6. The number of phenolic OH excluding ortho intramolecular Hbond substituents is 2. The molecule has 0 aliphatic rings. The third-order valence-corrected chi connectivity index (χ3v) is 4.57. The molecule has 0 saturated heterocycles. The Bertz CT molecular complexity index is 1260.